The maximum absolute atomic E-state index is 12.3. The molecule has 5 heteroatoms. The highest BCUT2D eigenvalue weighted by molar-refractivity contribution is 6.33. The lowest BCUT2D eigenvalue weighted by Crippen LogP contribution is -2.26. The minimum Gasteiger partial charge on any atom is -0.462 e. The number of anilines is 1. The number of nitrogens with zero attached hydrogens (tertiary/aromatic N) is 1. The maximum Gasteiger partial charge on any atom is 0.338 e. The molecule has 0 N–H and O–H groups in total. The number of carbonyl (C=O) groups is 1. The van der Waals surface area contributed by atoms with Gasteiger partial charge in [0.15, 0.2) is 5.75 Å². The molecular formula is C23H30ClNO3. The molecule has 0 atom stereocenters. The molecule has 28 heavy (non-hydrogen) atoms. The van der Waals surface area contributed by atoms with Gasteiger partial charge in [-0.25, -0.2) is 4.79 Å². The zero-order valence-corrected chi connectivity index (χ0v) is 17.8. The van der Waals surface area contributed by atoms with Crippen LogP contribution in [0.5, 0.6) is 11.5 Å². The van der Waals surface area contributed by atoms with Crippen LogP contribution in [0.4, 0.5) is 5.69 Å². The molecule has 152 valence electrons. The largest absolute Gasteiger partial charge is 0.462 e. The number of ether oxygens (including phenoxy) is 2. The summed E-state index contributed by atoms with van der Waals surface area (Å²) < 4.78 is 11.3. The zero-order chi connectivity index (χ0) is 20.4. The maximum atomic E-state index is 12.3. The van der Waals surface area contributed by atoms with Crippen LogP contribution in [0.2, 0.25) is 5.02 Å². The highest BCUT2D eigenvalue weighted by Gasteiger charge is 2.20. The van der Waals surface area contributed by atoms with Crippen molar-refractivity contribution in [3.63, 3.8) is 0 Å². The quantitative estimate of drug-likeness (QED) is 0.390. The van der Waals surface area contributed by atoms with E-state index in [1.165, 1.54) is 0 Å². The number of rotatable bonds is 11. The van der Waals surface area contributed by atoms with Crippen LogP contribution in [0.15, 0.2) is 42.5 Å². The Morgan fingerprint density at radius 2 is 1.64 bits per heavy atom. The summed E-state index contributed by atoms with van der Waals surface area (Å²) in [5.41, 5.74) is 1.28. The Morgan fingerprint density at radius 1 is 1.00 bits per heavy atom. The summed E-state index contributed by atoms with van der Waals surface area (Å²) in [6.45, 7) is 8.21. The predicted molar refractivity (Wildman–Crippen MR) is 116 cm³/mol. The Bertz CT molecular complexity index is 741. The van der Waals surface area contributed by atoms with E-state index in [4.69, 9.17) is 21.1 Å². The molecular weight excluding hydrogens is 374 g/mol. The highest BCUT2D eigenvalue weighted by Crippen LogP contribution is 2.40. The first-order valence-corrected chi connectivity index (χ1v) is 10.5. The van der Waals surface area contributed by atoms with Gasteiger partial charge < -0.3 is 14.4 Å². The number of esters is 1. The van der Waals surface area contributed by atoms with Crippen LogP contribution in [0.3, 0.4) is 0 Å². The number of benzene rings is 2. The van der Waals surface area contributed by atoms with E-state index >= 15 is 0 Å². The zero-order valence-electron chi connectivity index (χ0n) is 17.0. The Balaban J connectivity index is 2.49. The number of hydrogen-bond donors (Lipinski definition) is 0. The molecule has 0 radical (unpaired) electrons. The second-order valence-electron chi connectivity index (χ2n) is 6.64. The number of unbranched alkanes of at least 4 members (excludes halogenated alkanes) is 2. The van der Waals surface area contributed by atoms with Crippen molar-refractivity contribution >= 4 is 23.3 Å². The fraction of sp³-hybridized carbons (Fsp3) is 0.435. The van der Waals surface area contributed by atoms with E-state index in [-0.39, 0.29) is 5.97 Å². The Morgan fingerprint density at radius 3 is 2.21 bits per heavy atom. The predicted octanol–water partition coefficient (Wildman–Crippen LogP) is 6.72. The first-order valence-electron chi connectivity index (χ1n) is 10.1. The second kappa shape index (κ2) is 11.6. The van der Waals surface area contributed by atoms with Gasteiger partial charge in [0.25, 0.3) is 0 Å². The van der Waals surface area contributed by atoms with Crippen molar-refractivity contribution in [2.45, 2.75) is 46.5 Å². The Hall–Kier alpha value is -2.20. The van der Waals surface area contributed by atoms with Crippen molar-refractivity contribution in [2.24, 2.45) is 0 Å². The molecule has 2 aromatic carbocycles. The van der Waals surface area contributed by atoms with Crippen LogP contribution in [-0.2, 0) is 4.74 Å². The molecule has 0 amide bonds. The first-order chi connectivity index (χ1) is 13.6. The standard InChI is InChI=1S/C23H30ClNO3/c1-4-7-14-25(15-8-5-2)21-17-18(23(26)27-6-3)16-20(24)22(21)28-19-12-10-9-11-13-19/h9-13,16-17H,4-8,14-15H2,1-3H3. The van der Waals surface area contributed by atoms with E-state index in [1.807, 2.05) is 36.4 Å². The molecule has 0 fully saturated rings. The number of hydrogen-bond acceptors (Lipinski definition) is 4. The average molecular weight is 404 g/mol. The van der Waals surface area contributed by atoms with Gasteiger partial charge in [-0.1, -0.05) is 56.5 Å². The van der Waals surface area contributed by atoms with Crippen molar-refractivity contribution < 1.29 is 14.3 Å². The minimum absolute atomic E-state index is 0.323. The molecule has 0 unspecified atom stereocenters. The molecule has 0 aromatic heterocycles. The lowest BCUT2D eigenvalue weighted by molar-refractivity contribution is 0.0526. The third kappa shape index (κ3) is 6.16. The molecule has 0 heterocycles. The third-order valence-corrected chi connectivity index (χ3v) is 4.68. The summed E-state index contributed by atoms with van der Waals surface area (Å²) in [6, 6.07) is 13.0. The SMILES string of the molecule is CCCCN(CCCC)c1cc(C(=O)OCC)cc(Cl)c1Oc1ccccc1. The lowest BCUT2D eigenvalue weighted by Gasteiger charge is -2.28. The van der Waals surface area contributed by atoms with Gasteiger partial charge in [0.05, 0.1) is 22.9 Å². The smallest absolute Gasteiger partial charge is 0.338 e. The summed E-state index contributed by atoms with van der Waals surface area (Å²) in [5, 5.41) is 0.405. The fourth-order valence-corrected chi connectivity index (χ4v) is 3.16. The average Bonchev–Trinajstić information content (AvgIpc) is 2.70. The van der Waals surface area contributed by atoms with Gasteiger partial charge in [0, 0.05) is 13.1 Å². The molecule has 0 spiro atoms. The van der Waals surface area contributed by atoms with Crippen LogP contribution in [0, 0.1) is 0 Å². The Kier molecular flexibility index (Phi) is 9.15. The molecule has 4 nitrogen and oxygen atoms in total. The van der Waals surface area contributed by atoms with Crippen molar-refractivity contribution in [3.05, 3.63) is 53.1 Å². The molecule has 0 aliphatic carbocycles. The van der Waals surface area contributed by atoms with Crippen molar-refractivity contribution in [1.29, 1.82) is 0 Å². The Labute approximate surface area is 173 Å². The first kappa shape index (κ1) is 22.1. The van der Waals surface area contributed by atoms with Crippen LogP contribution in [-0.4, -0.2) is 25.7 Å². The second-order valence-corrected chi connectivity index (χ2v) is 7.04. The molecule has 0 saturated carbocycles. The van der Waals surface area contributed by atoms with E-state index in [0.717, 1.165) is 44.5 Å². The van der Waals surface area contributed by atoms with Crippen LogP contribution >= 0.6 is 11.6 Å². The number of carbonyl (C=O) groups excluding carboxylic acids is 1. The molecule has 2 aromatic rings. The number of halogens is 1. The van der Waals surface area contributed by atoms with E-state index in [0.29, 0.717) is 28.7 Å². The van der Waals surface area contributed by atoms with Crippen LogP contribution in [0.25, 0.3) is 0 Å². The van der Waals surface area contributed by atoms with E-state index in [9.17, 15) is 4.79 Å². The van der Waals surface area contributed by atoms with Gasteiger partial charge in [-0.3, -0.25) is 0 Å². The number of para-hydroxylation sites is 1. The summed E-state index contributed by atoms with van der Waals surface area (Å²) >= 11 is 6.58. The molecule has 0 aliphatic heterocycles. The molecule has 0 saturated heterocycles. The van der Waals surface area contributed by atoms with Crippen molar-refractivity contribution in [2.75, 3.05) is 24.6 Å². The summed E-state index contributed by atoms with van der Waals surface area (Å²) in [7, 11) is 0. The van der Waals surface area contributed by atoms with Gasteiger partial charge in [-0.05, 0) is 44.0 Å². The fourth-order valence-electron chi connectivity index (χ4n) is 2.90. The normalized spacial score (nSPS) is 10.6. The summed E-state index contributed by atoms with van der Waals surface area (Å²) in [6.07, 6.45) is 4.27. The minimum atomic E-state index is -0.372. The van der Waals surface area contributed by atoms with Gasteiger partial charge in [0.1, 0.15) is 5.75 Å². The lowest BCUT2D eigenvalue weighted by atomic mass is 10.1. The molecule has 0 aliphatic rings. The third-order valence-electron chi connectivity index (χ3n) is 4.40. The van der Waals surface area contributed by atoms with Gasteiger partial charge in [-0.15, -0.1) is 0 Å². The van der Waals surface area contributed by atoms with Crippen LogP contribution in [0.1, 0.15) is 56.8 Å². The summed E-state index contributed by atoms with van der Waals surface area (Å²) in [5.74, 6) is 0.913. The monoisotopic (exact) mass is 403 g/mol. The van der Waals surface area contributed by atoms with E-state index < -0.39 is 0 Å². The topological polar surface area (TPSA) is 38.8 Å². The van der Waals surface area contributed by atoms with Gasteiger partial charge in [-0.2, -0.15) is 0 Å². The van der Waals surface area contributed by atoms with E-state index in [2.05, 4.69) is 18.7 Å². The van der Waals surface area contributed by atoms with Gasteiger partial charge in [0.2, 0.25) is 0 Å². The van der Waals surface area contributed by atoms with E-state index in [1.54, 1.807) is 13.0 Å². The van der Waals surface area contributed by atoms with Crippen LogP contribution < -0.4 is 9.64 Å². The van der Waals surface area contributed by atoms with Crippen molar-refractivity contribution in [3.8, 4) is 11.5 Å². The van der Waals surface area contributed by atoms with Crippen molar-refractivity contribution in [1.82, 2.24) is 0 Å². The summed E-state index contributed by atoms with van der Waals surface area (Å²) in [4.78, 5) is 14.6. The molecule has 0 bridgehead atoms. The highest BCUT2D eigenvalue weighted by atomic mass is 35.5. The molecule has 2 rings (SSSR count). The van der Waals surface area contributed by atoms with Gasteiger partial charge >= 0.3 is 5.97 Å².